The van der Waals surface area contributed by atoms with Crippen LogP contribution in [-0.2, 0) is 11.3 Å². The molecule has 38 heavy (non-hydrogen) atoms. The fourth-order valence-electron chi connectivity index (χ4n) is 4.83. The highest BCUT2D eigenvalue weighted by Crippen LogP contribution is 2.31. The number of hydrogen-bond acceptors (Lipinski definition) is 5. The molecule has 194 valence electrons. The van der Waals surface area contributed by atoms with Gasteiger partial charge in [0.15, 0.2) is 4.80 Å². The molecule has 1 N–H and O–H groups in total. The van der Waals surface area contributed by atoms with Gasteiger partial charge in [-0.1, -0.05) is 53.3 Å². The quantitative estimate of drug-likeness (QED) is 0.396. The van der Waals surface area contributed by atoms with Crippen molar-refractivity contribution in [2.75, 3.05) is 5.32 Å². The van der Waals surface area contributed by atoms with Gasteiger partial charge in [-0.2, -0.15) is 5.10 Å². The van der Waals surface area contributed by atoms with Gasteiger partial charge < -0.3 is 5.32 Å². The molecule has 3 heterocycles. The van der Waals surface area contributed by atoms with E-state index in [1.165, 1.54) is 11.3 Å². The zero-order chi connectivity index (χ0) is 27.1. The van der Waals surface area contributed by atoms with E-state index in [9.17, 15) is 9.59 Å². The molecular formula is C29H28ClN5O2S. The number of rotatable bonds is 5. The SMILES string of the molecule is CCn1nc(C)c(/C=c2/sc3n(c2=O)C(c2ccc(Cl)cc2)C(C(=O)Nc2ccccc2C)=C(C)N=3)c1C. The van der Waals surface area contributed by atoms with Gasteiger partial charge in [0.25, 0.3) is 11.5 Å². The monoisotopic (exact) mass is 545 g/mol. The molecule has 9 heteroatoms. The normalized spacial score (nSPS) is 15.4. The third kappa shape index (κ3) is 4.54. The van der Waals surface area contributed by atoms with Gasteiger partial charge >= 0.3 is 0 Å². The minimum Gasteiger partial charge on any atom is -0.322 e. The average Bonchev–Trinajstić information content (AvgIpc) is 3.35. The number of benzene rings is 2. The van der Waals surface area contributed by atoms with Gasteiger partial charge in [0.1, 0.15) is 0 Å². The zero-order valence-electron chi connectivity index (χ0n) is 21.9. The van der Waals surface area contributed by atoms with Gasteiger partial charge in [-0.25, -0.2) is 4.99 Å². The number of anilines is 1. The summed E-state index contributed by atoms with van der Waals surface area (Å²) in [5, 5.41) is 8.19. The van der Waals surface area contributed by atoms with E-state index in [1.807, 2.05) is 81.8 Å². The average molecular weight is 546 g/mol. The number of fused-ring (bicyclic) bond motifs is 1. The van der Waals surface area contributed by atoms with Crippen LogP contribution in [0.25, 0.3) is 6.08 Å². The smallest absolute Gasteiger partial charge is 0.271 e. The largest absolute Gasteiger partial charge is 0.322 e. The first kappa shape index (κ1) is 25.9. The Kier molecular flexibility index (Phi) is 6.94. The van der Waals surface area contributed by atoms with Crippen molar-refractivity contribution in [3.8, 4) is 0 Å². The van der Waals surface area contributed by atoms with Crippen LogP contribution >= 0.6 is 22.9 Å². The number of allylic oxidation sites excluding steroid dienone is 1. The molecule has 4 aromatic rings. The maximum absolute atomic E-state index is 13.9. The third-order valence-corrected chi connectivity index (χ3v) is 8.09. The molecule has 0 aliphatic carbocycles. The van der Waals surface area contributed by atoms with Crippen LogP contribution in [0.15, 0.2) is 69.6 Å². The Bertz CT molecular complexity index is 1780. The summed E-state index contributed by atoms with van der Waals surface area (Å²) in [6.45, 7) is 10.5. The summed E-state index contributed by atoms with van der Waals surface area (Å²) in [5.41, 5.74) is 5.99. The Morgan fingerprint density at radius 3 is 2.47 bits per heavy atom. The second-order valence-corrected chi connectivity index (χ2v) is 10.7. The van der Waals surface area contributed by atoms with E-state index in [-0.39, 0.29) is 11.5 Å². The van der Waals surface area contributed by atoms with Gasteiger partial charge in [0.05, 0.1) is 27.5 Å². The van der Waals surface area contributed by atoms with Crippen LogP contribution in [0.3, 0.4) is 0 Å². The summed E-state index contributed by atoms with van der Waals surface area (Å²) in [4.78, 5) is 32.9. The van der Waals surface area contributed by atoms with Gasteiger partial charge in [-0.15, -0.1) is 0 Å². The maximum Gasteiger partial charge on any atom is 0.271 e. The third-order valence-electron chi connectivity index (χ3n) is 6.86. The number of carbonyl (C=O) groups excluding carboxylic acids is 1. The first-order valence-corrected chi connectivity index (χ1v) is 13.6. The Morgan fingerprint density at radius 1 is 1.11 bits per heavy atom. The molecule has 0 fully saturated rings. The van der Waals surface area contributed by atoms with Crippen molar-refractivity contribution >= 4 is 40.6 Å². The van der Waals surface area contributed by atoms with Crippen molar-refractivity contribution in [1.82, 2.24) is 14.3 Å². The number of aryl methyl sites for hydroxylation is 3. The molecule has 0 saturated heterocycles. The summed E-state index contributed by atoms with van der Waals surface area (Å²) in [5.74, 6) is -0.300. The number of thiazole rings is 1. The number of nitrogens with one attached hydrogen (secondary N) is 1. The highest BCUT2D eigenvalue weighted by Gasteiger charge is 2.32. The van der Waals surface area contributed by atoms with Crippen LogP contribution < -0.4 is 20.2 Å². The predicted molar refractivity (Wildman–Crippen MR) is 152 cm³/mol. The number of halogens is 1. The summed E-state index contributed by atoms with van der Waals surface area (Å²) >= 11 is 7.50. The minimum atomic E-state index is -0.657. The molecule has 1 atom stereocenters. The lowest BCUT2D eigenvalue weighted by Crippen LogP contribution is -2.40. The number of amides is 1. The number of aromatic nitrogens is 3. The van der Waals surface area contributed by atoms with Gasteiger partial charge in [-0.3, -0.25) is 18.8 Å². The van der Waals surface area contributed by atoms with Crippen molar-refractivity contribution in [2.24, 2.45) is 4.99 Å². The topological polar surface area (TPSA) is 81.3 Å². The maximum atomic E-state index is 13.9. The summed E-state index contributed by atoms with van der Waals surface area (Å²) in [7, 11) is 0. The predicted octanol–water partition coefficient (Wildman–Crippen LogP) is 4.67. The van der Waals surface area contributed by atoms with Crippen LogP contribution in [0.5, 0.6) is 0 Å². The van der Waals surface area contributed by atoms with E-state index in [0.717, 1.165) is 34.6 Å². The molecule has 1 aliphatic heterocycles. The van der Waals surface area contributed by atoms with Crippen molar-refractivity contribution < 1.29 is 4.79 Å². The Balaban J connectivity index is 1.69. The molecule has 0 saturated carbocycles. The lowest BCUT2D eigenvalue weighted by Gasteiger charge is -2.25. The minimum absolute atomic E-state index is 0.203. The number of carbonyl (C=O) groups is 1. The van der Waals surface area contributed by atoms with Crippen molar-refractivity contribution in [3.63, 3.8) is 0 Å². The summed E-state index contributed by atoms with van der Waals surface area (Å²) < 4.78 is 4.08. The molecule has 7 nitrogen and oxygen atoms in total. The van der Waals surface area contributed by atoms with Crippen molar-refractivity contribution in [3.05, 3.63) is 113 Å². The first-order valence-electron chi connectivity index (χ1n) is 12.4. The second kappa shape index (κ2) is 10.2. The van der Waals surface area contributed by atoms with Gasteiger partial charge in [0.2, 0.25) is 0 Å². The fourth-order valence-corrected chi connectivity index (χ4v) is 5.99. The van der Waals surface area contributed by atoms with E-state index in [1.54, 1.807) is 16.7 Å². The van der Waals surface area contributed by atoms with E-state index in [2.05, 4.69) is 10.4 Å². The van der Waals surface area contributed by atoms with Crippen LogP contribution in [0.2, 0.25) is 5.02 Å². The van der Waals surface area contributed by atoms with E-state index in [0.29, 0.717) is 31.3 Å². The number of hydrogen-bond donors (Lipinski definition) is 1. The van der Waals surface area contributed by atoms with E-state index < -0.39 is 6.04 Å². The molecule has 0 spiro atoms. The van der Waals surface area contributed by atoms with Gasteiger partial charge in [-0.05, 0) is 70.0 Å². The molecule has 1 amide bonds. The van der Waals surface area contributed by atoms with Crippen molar-refractivity contribution in [1.29, 1.82) is 0 Å². The number of nitrogens with zero attached hydrogens (tertiary/aromatic N) is 4. The second-order valence-electron chi connectivity index (χ2n) is 9.30. The van der Waals surface area contributed by atoms with E-state index in [4.69, 9.17) is 16.6 Å². The number of para-hydroxylation sites is 1. The van der Waals surface area contributed by atoms with Crippen LogP contribution in [0.4, 0.5) is 5.69 Å². The van der Waals surface area contributed by atoms with Crippen LogP contribution in [0.1, 0.15) is 48.0 Å². The fraction of sp³-hybridized carbons (Fsp3) is 0.241. The molecule has 0 bridgehead atoms. The Hall–Kier alpha value is -3.75. The molecule has 5 rings (SSSR count). The van der Waals surface area contributed by atoms with E-state index >= 15 is 0 Å². The standard InChI is InChI=1S/C29H28ClN5O2S/c1-6-34-19(5)22(17(3)33-34)15-24-28(37)35-26(20-11-13-21(30)14-12-20)25(18(4)31-29(35)38-24)27(36)32-23-10-8-7-9-16(23)2/h7-15,26H,6H2,1-5H3,(H,32,36)/b24-15+. The Labute approximate surface area is 229 Å². The zero-order valence-corrected chi connectivity index (χ0v) is 23.4. The molecule has 2 aromatic carbocycles. The van der Waals surface area contributed by atoms with Crippen LogP contribution in [-0.4, -0.2) is 20.3 Å². The van der Waals surface area contributed by atoms with Crippen molar-refractivity contribution in [2.45, 2.75) is 47.2 Å². The molecule has 1 unspecified atom stereocenters. The molecular weight excluding hydrogens is 518 g/mol. The Morgan fingerprint density at radius 2 is 1.82 bits per heavy atom. The lowest BCUT2D eigenvalue weighted by molar-refractivity contribution is -0.113. The highest BCUT2D eigenvalue weighted by atomic mass is 35.5. The highest BCUT2D eigenvalue weighted by molar-refractivity contribution is 7.07. The summed E-state index contributed by atoms with van der Waals surface area (Å²) in [6, 6.07) is 14.2. The van der Waals surface area contributed by atoms with Gasteiger partial charge in [0, 0.05) is 28.5 Å². The van der Waals surface area contributed by atoms with Crippen LogP contribution in [0, 0.1) is 20.8 Å². The molecule has 0 radical (unpaired) electrons. The summed E-state index contributed by atoms with van der Waals surface area (Å²) in [6.07, 6.45) is 1.89. The lowest BCUT2D eigenvalue weighted by atomic mass is 9.95. The molecule has 2 aromatic heterocycles. The first-order chi connectivity index (χ1) is 18.2. The molecule has 1 aliphatic rings.